The Hall–Kier alpha value is -1.23. The van der Waals surface area contributed by atoms with Gasteiger partial charge in [-0.15, -0.1) is 0 Å². The van der Waals surface area contributed by atoms with E-state index in [2.05, 4.69) is 18.7 Å². The molecule has 20 heavy (non-hydrogen) atoms. The maximum Gasteiger partial charge on any atom is 0.416 e. The summed E-state index contributed by atoms with van der Waals surface area (Å²) in [6.07, 6.45) is -4.28. The average Bonchev–Trinajstić information content (AvgIpc) is 2.37. The number of anilines is 1. The van der Waals surface area contributed by atoms with Gasteiger partial charge < -0.3 is 4.90 Å². The van der Waals surface area contributed by atoms with E-state index < -0.39 is 11.7 Å². The van der Waals surface area contributed by atoms with Crippen molar-refractivity contribution in [3.63, 3.8) is 0 Å². The lowest BCUT2D eigenvalue weighted by Gasteiger charge is -2.38. The van der Waals surface area contributed by atoms with Gasteiger partial charge >= 0.3 is 6.18 Å². The smallest absolute Gasteiger partial charge is 0.369 e. The summed E-state index contributed by atoms with van der Waals surface area (Å²) >= 11 is 0. The highest BCUT2D eigenvalue weighted by molar-refractivity contribution is 5.52. The van der Waals surface area contributed by atoms with Crippen molar-refractivity contribution in [3.05, 3.63) is 29.3 Å². The van der Waals surface area contributed by atoms with Crippen molar-refractivity contribution >= 4 is 5.69 Å². The second-order valence-electron chi connectivity index (χ2n) is 5.67. The summed E-state index contributed by atoms with van der Waals surface area (Å²) in [6.45, 7) is 9.34. The van der Waals surface area contributed by atoms with Crippen LogP contribution in [0.4, 0.5) is 18.9 Å². The van der Waals surface area contributed by atoms with Crippen LogP contribution in [0.25, 0.3) is 0 Å². The monoisotopic (exact) mass is 286 g/mol. The Labute approximate surface area is 118 Å². The zero-order valence-corrected chi connectivity index (χ0v) is 12.2. The SMILES string of the molecule is Cc1cc(N2CCN(C(C)C)CC2)cc(C(F)(F)F)c1. The largest absolute Gasteiger partial charge is 0.416 e. The molecule has 0 bridgehead atoms. The fraction of sp³-hybridized carbons (Fsp3) is 0.600. The number of halogens is 3. The Kier molecular flexibility index (Phi) is 4.28. The van der Waals surface area contributed by atoms with E-state index in [-0.39, 0.29) is 0 Å². The molecule has 1 aromatic rings. The van der Waals surface area contributed by atoms with Crippen LogP contribution in [0.1, 0.15) is 25.0 Å². The predicted octanol–water partition coefficient (Wildman–Crippen LogP) is 3.54. The molecule has 1 aromatic carbocycles. The van der Waals surface area contributed by atoms with Crippen molar-refractivity contribution in [1.29, 1.82) is 0 Å². The highest BCUT2D eigenvalue weighted by Crippen LogP contribution is 2.33. The summed E-state index contributed by atoms with van der Waals surface area (Å²) in [7, 11) is 0. The van der Waals surface area contributed by atoms with Crippen molar-refractivity contribution < 1.29 is 13.2 Å². The van der Waals surface area contributed by atoms with Gasteiger partial charge in [0.25, 0.3) is 0 Å². The Morgan fingerprint density at radius 2 is 1.60 bits per heavy atom. The topological polar surface area (TPSA) is 6.48 Å². The third kappa shape index (κ3) is 3.45. The number of aryl methyl sites for hydroxylation is 1. The molecule has 5 heteroatoms. The Morgan fingerprint density at radius 1 is 1.00 bits per heavy atom. The van der Waals surface area contributed by atoms with E-state index in [0.29, 0.717) is 17.3 Å². The van der Waals surface area contributed by atoms with Gasteiger partial charge in [-0.2, -0.15) is 13.2 Å². The summed E-state index contributed by atoms with van der Waals surface area (Å²) in [5, 5.41) is 0. The first kappa shape index (κ1) is 15.2. The van der Waals surface area contributed by atoms with Gasteiger partial charge in [-0.05, 0) is 44.5 Å². The fourth-order valence-corrected chi connectivity index (χ4v) is 2.61. The normalized spacial score (nSPS) is 17.9. The van der Waals surface area contributed by atoms with E-state index in [4.69, 9.17) is 0 Å². The molecule has 0 unspecified atom stereocenters. The predicted molar refractivity (Wildman–Crippen MR) is 75.1 cm³/mol. The minimum Gasteiger partial charge on any atom is -0.369 e. The molecule has 0 spiro atoms. The van der Waals surface area contributed by atoms with Crippen molar-refractivity contribution in [2.45, 2.75) is 33.0 Å². The Bertz CT molecular complexity index is 461. The minimum absolute atomic E-state index is 0.486. The molecule has 0 aromatic heterocycles. The van der Waals surface area contributed by atoms with Gasteiger partial charge in [-0.1, -0.05) is 0 Å². The molecule has 1 heterocycles. The molecule has 1 aliphatic rings. The summed E-state index contributed by atoms with van der Waals surface area (Å²) < 4.78 is 38.6. The van der Waals surface area contributed by atoms with E-state index in [1.807, 2.05) is 11.0 Å². The summed E-state index contributed by atoms with van der Waals surface area (Å²) in [6, 6.07) is 4.78. The van der Waals surface area contributed by atoms with E-state index in [0.717, 1.165) is 26.2 Å². The number of rotatable bonds is 2. The molecule has 0 aliphatic carbocycles. The highest BCUT2D eigenvalue weighted by atomic mass is 19.4. The van der Waals surface area contributed by atoms with Crippen LogP contribution >= 0.6 is 0 Å². The van der Waals surface area contributed by atoms with Crippen LogP contribution in [0.3, 0.4) is 0 Å². The summed E-state index contributed by atoms with van der Waals surface area (Å²) in [5.41, 5.74) is 0.778. The Balaban J connectivity index is 2.16. The lowest BCUT2D eigenvalue weighted by atomic mass is 10.1. The molecule has 0 amide bonds. The maximum atomic E-state index is 12.9. The number of piperazine rings is 1. The molecule has 112 valence electrons. The first-order valence-corrected chi connectivity index (χ1v) is 6.95. The van der Waals surface area contributed by atoms with E-state index in [9.17, 15) is 13.2 Å². The lowest BCUT2D eigenvalue weighted by molar-refractivity contribution is -0.137. The molecule has 1 fully saturated rings. The lowest BCUT2D eigenvalue weighted by Crippen LogP contribution is -2.48. The molecule has 2 rings (SSSR count). The first-order valence-electron chi connectivity index (χ1n) is 6.95. The van der Waals surface area contributed by atoms with Gasteiger partial charge in [0.05, 0.1) is 5.56 Å². The van der Waals surface area contributed by atoms with Crippen LogP contribution in [0.15, 0.2) is 18.2 Å². The number of alkyl halides is 3. The van der Waals surface area contributed by atoms with E-state index in [1.165, 1.54) is 12.1 Å². The van der Waals surface area contributed by atoms with Crippen molar-refractivity contribution in [2.24, 2.45) is 0 Å². The van der Waals surface area contributed by atoms with Gasteiger partial charge in [0, 0.05) is 37.9 Å². The number of benzene rings is 1. The summed E-state index contributed by atoms with van der Waals surface area (Å²) in [4.78, 5) is 4.39. The van der Waals surface area contributed by atoms with Crippen LogP contribution in [0.2, 0.25) is 0 Å². The van der Waals surface area contributed by atoms with Crippen molar-refractivity contribution in [1.82, 2.24) is 4.90 Å². The molecule has 0 N–H and O–H groups in total. The van der Waals surface area contributed by atoms with Gasteiger partial charge in [-0.3, -0.25) is 4.90 Å². The maximum absolute atomic E-state index is 12.9. The second-order valence-corrected chi connectivity index (χ2v) is 5.67. The highest BCUT2D eigenvalue weighted by Gasteiger charge is 2.31. The number of hydrogen-bond donors (Lipinski definition) is 0. The zero-order valence-electron chi connectivity index (χ0n) is 12.2. The second kappa shape index (κ2) is 5.64. The molecular weight excluding hydrogens is 265 g/mol. The molecule has 1 saturated heterocycles. The molecular formula is C15H21F3N2. The number of nitrogens with zero attached hydrogens (tertiary/aromatic N) is 2. The van der Waals surface area contributed by atoms with E-state index in [1.54, 1.807) is 6.92 Å². The summed E-state index contributed by atoms with van der Waals surface area (Å²) in [5.74, 6) is 0. The standard InChI is InChI=1S/C15H21F3N2/c1-11(2)19-4-6-20(7-5-19)14-9-12(3)8-13(10-14)15(16,17)18/h8-11H,4-7H2,1-3H3. The van der Waals surface area contributed by atoms with Crippen LogP contribution in [0, 0.1) is 6.92 Å². The van der Waals surface area contributed by atoms with E-state index >= 15 is 0 Å². The van der Waals surface area contributed by atoms with Gasteiger partial charge in [0.15, 0.2) is 0 Å². The molecule has 0 saturated carbocycles. The number of hydrogen-bond acceptors (Lipinski definition) is 2. The molecule has 0 radical (unpaired) electrons. The molecule has 2 nitrogen and oxygen atoms in total. The minimum atomic E-state index is -4.28. The van der Waals surface area contributed by atoms with Crippen LogP contribution < -0.4 is 4.90 Å². The van der Waals surface area contributed by atoms with Crippen molar-refractivity contribution in [2.75, 3.05) is 31.1 Å². The van der Waals surface area contributed by atoms with Gasteiger partial charge in [0.2, 0.25) is 0 Å². The molecule has 1 aliphatic heterocycles. The fourth-order valence-electron chi connectivity index (χ4n) is 2.61. The van der Waals surface area contributed by atoms with Gasteiger partial charge in [0.1, 0.15) is 0 Å². The zero-order chi connectivity index (χ0) is 14.9. The van der Waals surface area contributed by atoms with Crippen molar-refractivity contribution in [3.8, 4) is 0 Å². The van der Waals surface area contributed by atoms with Crippen LogP contribution in [-0.2, 0) is 6.18 Å². The third-order valence-corrected chi connectivity index (χ3v) is 3.80. The van der Waals surface area contributed by atoms with Crippen LogP contribution in [-0.4, -0.2) is 37.1 Å². The quantitative estimate of drug-likeness (QED) is 0.820. The average molecular weight is 286 g/mol. The van der Waals surface area contributed by atoms with Crippen LogP contribution in [0.5, 0.6) is 0 Å². The third-order valence-electron chi connectivity index (χ3n) is 3.80. The first-order chi connectivity index (χ1) is 9.27. The molecule has 0 atom stereocenters. The Morgan fingerprint density at radius 3 is 2.10 bits per heavy atom. The van der Waals surface area contributed by atoms with Gasteiger partial charge in [-0.25, -0.2) is 0 Å².